The average Bonchev–Trinajstić information content (AvgIpc) is 2.86. The molecule has 2 aliphatic heterocycles. The van der Waals surface area contributed by atoms with Crippen LogP contribution in [0.2, 0.25) is 5.02 Å². The topological polar surface area (TPSA) is 113 Å². The first-order valence-corrected chi connectivity index (χ1v) is 14.0. The van der Waals surface area contributed by atoms with Gasteiger partial charge in [0, 0.05) is 18.1 Å². The molecule has 36 heavy (non-hydrogen) atoms. The van der Waals surface area contributed by atoms with Crippen molar-refractivity contribution < 1.29 is 27.5 Å². The van der Waals surface area contributed by atoms with Crippen molar-refractivity contribution in [1.82, 2.24) is 14.5 Å². The number of esters is 1. The Morgan fingerprint density at radius 3 is 2.58 bits per heavy atom. The van der Waals surface area contributed by atoms with Gasteiger partial charge >= 0.3 is 5.97 Å². The maximum atomic E-state index is 13.1. The van der Waals surface area contributed by atoms with Crippen molar-refractivity contribution in [2.24, 2.45) is 0 Å². The number of halogens is 1. The predicted molar refractivity (Wildman–Crippen MR) is 135 cm³/mol. The number of hydrogen-bond acceptors (Lipinski definition) is 6. The van der Waals surface area contributed by atoms with Gasteiger partial charge in [0.15, 0.2) is 0 Å². The molecule has 2 fully saturated rings. The van der Waals surface area contributed by atoms with Crippen molar-refractivity contribution >= 4 is 50.2 Å². The second-order valence-corrected chi connectivity index (χ2v) is 11.2. The number of fused-ring (bicyclic) bond motifs is 1. The van der Waals surface area contributed by atoms with E-state index < -0.39 is 34.0 Å². The van der Waals surface area contributed by atoms with E-state index in [0.717, 1.165) is 18.2 Å². The van der Waals surface area contributed by atoms with Crippen molar-refractivity contribution in [3.63, 3.8) is 0 Å². The van der Waals surface area contributed by atoms with Gasteiger partial charge < -0.3 is 14.5 Å². The maximum absolute atomic E-state index is 13.1. The van der Waals surface area contributed by atoms with Gasteiger partial charge in [-0.2, -0.15) is 4.72 Å². The molecule has 2 saturated heterocycles. The van der Waals surface area contributed by atoms with Crippen LogP contribution in [0.15, 0.2) is 41.3 Å². The van der Waals surface area contributed by atoms with Crippen molar-refractivity contribution in [3.8, 4) is 0 Å². The molecule has 0 aliphatic carbocycles. The summed E-state index contributed by atoms with van der Waals surface area (Å²) in [5.41, 5.74) is 0. The van der Waals surface area contributed by atoms with Crippen LogP contribution in [0.25, 0.3) is 10.8 Å². The van der Waals surface area contributed by atoms with Crippen LogP contribution < -0.4 is 4.72 Å². The van der Waals surface area contributed by atoms with Crippen molar-refractivity contribution in [1.29, 1.82) is 0 Å². The van der Waals surface area contributed by atoms with Crippen LogP contribution in [0.3, 0.4) is 0 Å². The highest BCUT2D eigenvalue weighted by Crippen LogP contribution is 2.24. The van der Waals surface area contributed by atoms with Gasteiger partial charge in [0.1, 0.15) is 12.1 Å². The van der Waals surface area contributed by atoms with Gasteiger partial charge in [-0.1, -0.05) is 23.7 Å². The normalized spacial score (nSPS) is 21.0. The second kappa shape index (κ2) is 11.1. The molecular weight excluding hydrogens is 506 g/mol. The molecule has 2 aromatic carbocycles. The predicted octanol–water partition coefficient (Wildman–Crippen LogP) is 2.71. The Hall–Kier alpha value is -2.69. The Kier molecular flexibility index (Phi) is 8.17. The summed E-state index contributed by atoms with van der Waals surface area (Å²) in [7, 11) is -3.98. The largest absolute Gasteiger partial charge is 0.464 e. The highest BCUT2D eigenvalue weighted by atomic mass is 35.5. The maximum Gasteiger partial charge on any atom is 0.328 e. The van der Waals surface area contributed by atoms with E-state index in [2.05, 4.69) is 4.72 Å². The van der Waals surface area contributed by atoms with Gasteiger partial charge in [0.05, 0.1) is 18.0 Å². The lowest BCUT2D eigenvalue weighted by atomic mass is 10.0. The molecule has 4 rings (SSSR count). The molecular formula is C25H30ClN3O6S. The van der Waals surface area contributed by atoms with E-state index in [9.17, 15) is 22.8 Å². The van der Waals surface area contributed by atoms with Crippen LogP contribution in [-0.2, 0) is 29.1 Å². The number of sulfonamides is 1. The van der Waals surface area contributed by atoms with Gasteiger partial charge in [-0.25, -0.2) is 13.2 Å². The molecule has 0 spiro atoms. The molecule has 2 amide bonds. The third-order valence-corrected chi connectivity index (χ3v) is 8.32. The zero-order valence-corrected chi connectivity index (χ0v) is 21.7. The number of likely N-dealkylation sites (tertiary alicyclic amines) is 2. The summed E-state index contributed by atoms with van der Waals surface area (Å²) in [4.78, 5) is 41.5. The van der Waals surface area contributed by atoms with E-state index in [-0.39, 0.29) is 24.0 Å². The Morgan fingerprint density at radius 1 is 1.06 bits per heavy atom. The minimum atomic E-state index is -3.98. The van der Waals surface area contributed by atoms with Gasteiger partial charge in [-0.15, -0.1) is 0 Å². The quantitative estimate of drug-likeness (QED) is 0.545. The molecule has 194 valence electrons. The summed E-state index contributed by atoms with van der Waals surface area (Å²) in [6.45, 7) is 2.51. The second-order valence-electron chi connectivity index (χ2n) is 9.08. The zero-order valence-electron chi connectivity index (χ0n) is 20.1. The van der Waals surface area contributed by atoms with Gasteiger partial charge in [-0.05, 0) is 74.1 Å². The summed E-state index contributed by atoms with van der Waals surface area (Å²) in [5, 5.41) is 2.07. The number of nitrogens with one attached hydrogen (secondary N) is 1. The van der Waals surface area contributed by atoms with Crippen molar-refractivity contribution in [2.75, 3.05) is 26.2 Å². The lowest BCUT2D eigenvalue weighted by Crippen LogP contribution is -2.56. The van der Waals surface area contributed by atoms with E-state index in [4.69, 9.17) is 16.3 Å². The lowest BCUT2D eigenvalue weighted by molar-refractivity contribution is -0.157. The summed E-state index contributed by atoms with van der Waals surface area (Å²) < 4.78 is 33.8. The molecule has 2 atom stereocenters. The third-order valence-electron chi connectivity index (χ3n) is 6.62. The smallest absolute Gasteiger partial charge is 0.328 e. The highest BCUT2D eigenvalue weighted by molar-refractivity contribution is 7.89. The Bertz CT molecular complexity index is 1270. The average molecular weight is 536 g/mol. The minimum absolute atomic E-state index is 0.0453. The monoisotopic (exact) mass is 535 g/mol. The lowest BCUT2D eigenvalue weighted by Gasteiger charge is -2.37. The van der Waals surface area contributed by atoms with Crippen LogP contribution >= 0.6 is 11.6 Å². The van der Waals surface area contributed by atoms with Crippen LogP contribution in [0.4, 0.5) is 0 Å². The van der Waals surface area contributed by atoms with Crippen LogP contribution in [0, 0.1) is 0 Å². The number of nitrogens with zero attached hydrogens (tertiary/aromatic N) is 2. The first-order valence-electron chi connectivity index (χ1n) is 12.2. The number of benzene rings is 2. The first-order chi connectivity index (χ1) is 17.2. The van der Waals surface area contributed by atoms with Gasteiger partial charge in [-0.3, -0.25) is 9.59 Å². The molecule has 2 aliphatic rings. The number of carbonyl (C=O) groups excluding carboxylic acids is 3. The molecule has 0 bridgehead atoms. The molecule has 2 heterocycles. The molecule has 11 heteroatoms. The number of piperidine rings is 2. The molecule has 1 N–H and O–H groups in total. The Balaban J connectivity index is 1.44. The third kappa shape index (κ3) is 5.82. The number of amides is 2. The van der Waals surface area contributed by atoms with Gasteiger partial charge in [0.2, 0.25) is 21.8 Å². The fourth-order valence-corrected chi connectivity index (χ4v) is 6.23. The Labute approximate surface area is 215 Å². The summed E-state index contributed by atoms with van der Waals surface area (Å²) >= 11 is 6.01. The summed E-state index contributed by atoms with van der Waals surface area (Å²) in [5.74, 6) is -1.22. The minimum Gasteiger partial charge on any atom is -0.464 e. The van der Waals surface area contributed by atoms with Crippen LogP contribution in [0.1, 0.15) is 39.0 Å². The van der Waals surface area contributed by atoms with Crippen LogP contribution in [-0.4, -0.2) is 74.3 Å². The molecule has 0 saturated carbocycles. The van der Waals surface area contributed by atoms with E-state index in [1.165, 1.54) is 21.9 Å². The fraction of sp³-hybridized carbons (Fsp3) is 0.480. The number of ether oxygens (including phenoxy) is 1. The zero-order chi connectivity index (χ0) is 25.9. The SMILES string of the molecule is CCOC(=O)C1CCCCN1C(=O)CN1CCCC(NS(=O)(=O)c2ccc3cc(Cl)ccc3c2)C1=O. The van der Waals surface area contributed by atoms with Crippen LogP contribution in [0.5, 0.6) is 0 Å². The fourth-order valence-electron chi connectivity index (χ4n) is 4.79. The van der Waals surface area contributed by atoms with Gasteiger partial charge in [0.25, 0.3) is 0 Å². The Morgan fingerprint density at radius 2 is 1.81 bits per heavy atom. The van der Waals surface area contributed by atoms with E-state index in [0.29, 0.717) is 42.8 Å². The number of carbonyl (C=O) groups is 3. The number of hydrogen-bond donors (Lipinski definition) is 1. The molecule has 9 nitrogen and oxygen atoms in total. The standard InChI is InChI=1S/C25H30ClN3O6S/c1-2-35-25(32)22-7-3-4-13-29(22)23(30)16-28-12-5-6-21(24(28)31)27-36(33,34)20-11-9-17-14-19(26)10-8-18(17)15-20/h8-11,14-15,21-22,27H,2-7,12-13,16H2,1H3. The molecule has 2 unspecified atom stereocenters. The van der Waals surface area contributed by atoms with Crippen molar-refractivity contribution in [3.05, 3.63) is 41.4 Å². The number of rotatable bonds is 7. The first kappa shape index (κ1) is 26.4. The van der Waals surface area contributed by atoms with Crippen molar-refractivity contribution in [2.45, 2.75) is 56.0 Å². The van der Waals surface area contributed by atoms with E-state index in [1.54, 1.807) is 31.2 Å². The van der Waals surface area contributed by atoms with E-state index >= 15 is 0 Å². The summed E-state index contributed by atoms with van der Waals surface area (Å²) in [6, 6.07) is 8.22. The summed E-state index contributed by atoms with van der Waals surface area (Å²) in [6.07, 6.45) is 3.00. The molecule has 0 aromatic heterocycles. The molecule has 2 aromatic rings. The highest BCUT2D eigenvalue weighted by Gasteiger charge is 2.37. The van der Waals surface area contributed by atoms with E-state index in [1.807, 2.05) is 0 Å². The molecule has 0 radical (unpaired) electrons.